The molecule has 0 saturated carbocycles. The van der Waals surface area contributed by atoms with E-state index in [9.17, 15) is 9.59 Å². The van der Waals surface area contributed by atoms with Gasteiger partial charge in [0.15, 0.2) is 0 Å². The van der Waals surface area contributed by atoms with Gasteiger partial charge in [-0.2, -0.15) is 11.8 Å². The van der Waals surface area contributed by atoms with Crippen molar-refractivity contribution >= 4 is 23.8 Å². The van der Waals surface area contributed by atoms with Crippen LogP contribution in [0.25, 0.3) is 0 Å². The SMILES string of the molecule is CCCCOCCNC(=O)N[C@@H](CCSC)C(=O)O. The van der Waals surface area contributed by atoms with Crippen LogP contribution >= 0.6 is 11.8 Å². The maximum Gasteiger partial charge on any atom is 0.326 e. The van der Waals surface area contributed by atoms with Crippen molar-refractivity contribution in [2.75, 3.05) is 31.8 Å². The van der Waals surface area contributed by atoms with Crippen molar-refractivity contribution in [3.05, 3.63) is 0 Å². The number of rotatable bonds is 11. The van der Waals surface area contributed by atoms with E-state index in [1.165, 1.54) is 0 Å². The maximum atomic E-state index is 11.5. The molecule has 0 fully saturated rings. The van der Waals surface area contributed by atoms with Crippen molar-refractivity contribution in [1.29, 1.82) is 0 Å². The lowest BCUT2D eigenvalue weighted by atomic mass is 10.2. The number of unbranched alkanes of at least 4 members (excludes halogenated alkanes) is 1. The molecule has 0 aromatic carbocycles. The van der Waals surface area contributed by atoms with E-state index in [2.05, 4.69) is 17.6 Å². The van der Waals surface area contributed by atoms with Gasteiger partial charge in [-0.1, -0.05) is 13.3 Å². The second-order valence-electron chi connectivity index (χ2n) is 4.04. The van der Waals surface area contributed by atoms with Gasteiger partial charge in [-0.3, -0.25) is 0 Å². The molecule has 0 aliphatic heterocycles. The standard InChI is InChI=1S/C12H24N2O4S/c1-3-4-7-18-8-6-13-12(17)14-10(11(15)16)5-9-19-2/h10H,3-9H2,1-2H3,(H,15,16)(H2,13,14,17)/t10-/m0/s1. The summed E-state index contributed by atoms with van der Waals surface area (Å²) in [5.74, 6) is -0.319. The summed E-state index contributed by atoms with van der Waals surface area (Å²) in [6.07, 6.45) is 4.38. The smallest absolute Gasteiger partial charge is 0.326 e. The Labute approximate surface area is 118 Å². The summed E-state index contributed by atoms with van der Waals surface area (Å²) in [4.78, 5) is 22.4. The number of hydrogen-bond acceptors (Lipinski definition) is 4. The van der Waals surface area contributed by atoms with Crippen LogP contribution in [0.4, 0.5) is 4.79 Å². The van der Waals surface area contributed by atoms with Gasteiger partial charge in [0.1, 0.15) is 6.04 Å². The lowest BCUT2D eigenvalue weighted by molar-refractivity contribution is -0.139. The molecule has 0 spiro atoms. The van der Waals surface area contributed by atoms with E-state index >= 15 is 0 Å². The minimum absolute atomic E-state index is 0.379. The van der Waals surface area contributed by atoms with Crippen molar-refractivity contribution in [2.24, 2.45) is 0 Å². The highest BCUT2D eigenvalue weighted by Crippen LogP contribution is 2.00. The molecule has 0 aromatic rings. The fourth-order valence-corrected chi connectivity index (χ4v) is 1.76. The molecule has 0 radical (unpaired) electrons. The molecule has 0 aliphatic rings. The molecule has 0 aliphatic carbocycles. The second-order valence-corrected chi connectivity index (χ2v) is 5.02. The van der Waals surface area contributed by atoms with Crippen LogP contribution in [0, 0.1) is 0 Å². The van der Waals surface area contributed by atoms with E-state index in [0.29, 0.717) is 31.9 Å². The molecule has 0 unspecified atom stereocenters. The third-order valence-electron chi connectivity index (χ3n) is 2.39. The van der Waals surface area contributed by atoms with Gasteiger partial charge in [0, 0.05) is 13.2 Å². The molecule has 2 amide bonds. The van der Waals surface area contributed by atoms with Crippen LogP contribution < -0.4 is 10.6 Å². The first kappa shape index (κ1) is 18.0. The van der Waals surface area contributed by atoms with Gasteiger partial charge in [0.25, 0.3) is 0 Å². The second kappa shape index (κ2) is 12.1. The minimum atomic E-state index is -1.01. The number of thioether (sulfide) groups is 1. The fraction of sp³-hybridized carbons (Fsp3) is 0.833. The van der Waals surface area contributed by atoms with Crippen molar-refractivity contribution < 1.29 is 19.4 Å². The maximum absolute atomic E-state index is 11.5. The number of carbonyl (C=O) groups is 2. The van der Waals surface area contributed by atoms with Gasteiger partial charge >= 0.3 is 12.0 Å². The number of amides is 2. The van der Waals surface area contributed by atoms with E-state index < -0.39 is 18.0 Å². The topological polar surface area (TPSA) is 87.7 Å². The first-order valence-corrected chi connectivity index (χ1v) is 7.85. The summed E-state index contributed by atoms with van der Waals surface area (Å²) in [6, 6.07) is -1.30. The molecule has 0 saturated heterocycles. The molecule has 6 nitrogen and oxygen atoms in total. The van der Waals surface area contributed by atoms with Crippen LogP contribution in [-0.4, -0.2) is 54.9 Å². The van der Waals surface area contributed by atoms with Crippen LogP contribution in [0.15, 0.2) is 0 Å². The molecule has 0 bridgehead atoms. The zero-order valence-electron chi connectivity index (χ0n) is 11.6. The number of carboxylic acid groups (broad SMARTS) is 1. The van der Waals surface area contributed by atoms with Crippen LogP contribution in [0.2, 0.25) is 0 Å². The van der Waals surface area contributed by atoms with Crippen LogP contribution in [0.1, 0.15) is 26.2 Å². The molecule has 0 rings (SSSR count). The lowest BCUT2D eigenvalue weighted by Gasteiger charge is -2.14. The summed E-state index contributed by atoms with van der Waals surface area (Å²) in [7, 11) is 0. The Morgan fingerprint density at radius 1 is 1.37 bits per heavy atom. The fourth-order valence-electron chi connectivity index (χ4n) is 1.29. The average Bonchev–Trinajstić information content (AvgIpc) is 2.38. The van der Waals surface area contributed by atoms with Crippen LogP contribution in [0.5, 0.6) is 0 Å². The molecule has 19 heavy (non-hydrogen) atoms. The zero-order valence-corrected chi connectivity index (χ0v) is 12.4. The van der Waals surface area contributed by atoms with E-state index in [-0.39, 0.29) is 0 Å². The molecule has 1 atom stereocenters. The number of carboxylic acids is 1. The summed E-state index contributed by atoms with van der Waals surface area (Å²) >= 11 is 1.55. The van der Waals surface area contributed by atoms with E-state index in [0.717, 1.165) is 12.8 Å². The first-order chi connectivity index (χ1) is 9.11. The van der Waals surface area contributed by atoms with E-state index in [1.54, 1.807) is 11.8 Å². The number of carbonyl (C=O) groups excluding carboxylic acids is 1. The van der Waals surface area contributed by atoms with E-state index in [1.807, 2.05) is 6.26 Å². The molecular weight excluding hydrogens is 268 g/mol. The Kier molecular flexibility index (Phi) is 11.5. The molecule has 3 N–H and O–H groups in total. The van der Waals surface area contributed by atoms with Crippen molar-refractivity contribution in [1.82, 2.24) is 10.6 Å². The zero-order chi connectivity index (χ0) is 14.5. The van der Waals surface area contributed by atoms with Gasteiger partial charge < -0.3 is 20.5 Å². The van der Waals surface area contributed by atoms with Crippen LogP contribution in [-0.2, 0) is 9.53 Å². The Balaban J connectivity index is 3.71. The van der Waals surface area contributed by atoms with Crippen molar-refractivity contribution in [3.8, 4) is 0 Å². The van der Waals surface area contributed by atoms with Gasteiger partial charge in [0.2, 0.25) is 0 Å². The largest absolute Gasteiger partial charge is 0.480 e. The highest BCUT2D eigenvalue weighted by molar-refractivity contribution is 7.98. The highest BCUT2D eigenvalue weighted by atomic mass is 32.2. The highest BCUT2D eigenvalue weighted by Gasteiger charge is 2.18. The number of aliphatic carboxylic acids is 1. The van der Waals surface area contributed by atoms with Gasteiger partial charge in [-0.05, 0) is 24.9 Å². The monoisotopic (exact) mass is 292 g/mol. The molecule has 112 valence electrons. The molecule has 0 aromatic heterocycles. The van der Waals surface area contributed by atoms with Gasteiger partial charge in [0.05, 0.1) is 6.61 Å². The normalized spacial score (nSPS) is 11.9. The Morgan fingerprint density at radius 3 is 2.68 bits per heavy atom. The molecular formula is C12H24N2O4S. The van der Waals surface area contributed by atoms with E-state index in [4.69, 9.17) is 9.84 Å². The predicted molar refractivity (Wildman–Crippen MR) is 76.7 cm³/mol. The Morgan fingerprint density at radius 2 is 2.11 bits per heavy atom. The number of hydrogen-bond donors (Lipinski definition) is 3. The Hall–Kier alpha value is -0.950. The lowest BCUT2D eigenvalue weighted by Crippen LogP contribution is -2.47. The molecule has 7 heteroatoms. The number of ether oxygens (including phenoxy) is 1. The minimum Gasteiger partial charge on any atom is -0.480 e. The summed E-state index contributed by atoms with van der Waals surface area (Å²) < 4.78 is 5.28. The summed E-state index contributed by atoms with van der Waals surface area (Å²) in [5, 5.41) is 14.0. The third-order valence-corrected chi connectivity index (χ3v) is 3.03. The predicted octanol–water partition coefficient (Wildman–Crippen LogP) is 1.31. The molecule has 0 heterocycles. The summed E-state index contributed by atoms with van der Waals surface area (Å²) in [5.41, 5.74) is 0. The Bertz CT molecular complexity index is 264. The number of nitrogens with one attached hydrogen (secondary N) is 2. The average molecular weight is 292 g/mol. The van der Waals surface area contributed by atoms with Crippen molar-refractivity contribution in [3.63, 3.8) is 0 Å². The van der Waals surface area contributed by atoms with Crippen molar-refractivity contribution in [2.45, 2.75) is 32.2 Å². The van der Waals surface area contributed by atoms with Gasteiger partial charge in [-0.15, -0.1) is 0 Å². The van der Waals surface area contributed by atoms with Gasteiger partial charge in [-0.25, -0.2) is 9.59 Å². The van der Waals surface area contributed by atoms with Crippen LogP contribution in [0.3, 0.4) is 0 Å². The first-order valence-electron chi connectivity index (χ1n) is 6.45. The summed E-state index contributed by atoms with van der Waals surface area (Å²) in [6.45, 7) is 3.58. The number of urea groups is 1. The quantitative estimate of drug-likeness (QED) is 0.500. The third kappa shape index (κ3) is 10.6.